The third-order valence-electron chi connectivity index (χ3n) is 5.73. The molecule has 2 aromatic carbocycles. The van der Waals surface area contributed by atoms with Crippen molar-refractivity contribution in [3.05, 3.63) is 66.5 Å². The van der Waals surface area contributed by atoms with Gasteiger partial charge in [-0.25, -0.2) is 9.97 Å². The van der Waals surface area contributed by atoms with E-state index in [1.807, 2.05) is 81.7 Å². The second-order valence-electron chi connectivity index (χ2n) is 10.1. The van der Waals surface area contributed by atoms with Crippen molar-refractivity contribution >= 4 is 5.97 Å². The normalized spacial score (nSPS) is 12.2. The van der Waals surface area contributed by atoms with Gasteiger partial charge < -0.3 is 15.2 Å². The minimum absolute atomic E-state index is 0.396. The quantitative estimate of drug-likeness (QED) is 0.235. The van der Waals surface area contributed by atoms with E-state index in [2.05, 4.69) is 16.9 Å². The van der Waals surface area contributed by atoms with Crippen molar-refractivity contribution in [2.45, 2.75) is 77.9 Å². The third-order valence-corrected chi connectivity index (χ3v) is 5.73. The van der Waals surface area contributed by atoms with Crippen molar-refractivity contribution in [1.82, 2.24) is 9.97 Å². The van der Waals surface area contributed by atoms with Gasteiger partial charge in [0, 0.05) is 23.5 Å². The van der Waals surface area contributed by atoms with E-state index in [4.69, 9.17) is 15.2 Å². The predicted octanol–water partition coefficient (Wildman–Crippen LogP) is 6.37. The van der Waals surface area contributed by atoms with Crippen LogP contribution < -0.4 is 10.5 Å². The maximum Gasteiger partial charge on any atom is 0.323 e. The molecule has 1 unspecified atom stereocenters. The lowest BCUT2D eigenvalue weighted by atomic mass is 10.0. The molecule has 0 spiro atoms. The van der Waals surface area contributed by atoms with E-state index < -0.39 is 17.6 Å². The summed E-state index contributed by atoms with van der Waals surface area (Å²) in [6.07, 6.45) is 10.2. The number of carbonyl (C=O) groups is 1. The van der Waals surface area contributed by atoms with E-state index in [9.17, 15) is 4.79 Å². The number of carbonyl (C=O) groups excluding carboxylic acids is 1. The Labute approximate surface area is 215 Å². The van der Waals surface area contributed by atoms with Crippen LogP contribution in [0.3, 0.4) is 0 Å². The average molecular weight is 490 g/mol. The maximum atomic E-state index is 12.1. The molecule has 0 aliphatic rings. The van der Waals surface area contributed by atoms with Gasteiger partial charge in [-0.15, -0.1) is 0 Å². The molecule has 0 fully saturated rings. The fourth-order valence-electron chi connectivity index (χ4n) is 3.77. The topological polar surface area (TPSA) is 87.3 Å². The first kappa shape index (κ1) is 27.3. The van der Waals surface area contributed by atoms with Crippen LogP contribution in [0, 0.1) is 0 Å². The second kappa shape index (κ2) is 13.2. The van der Waals surface area contributed by atoms with Crippen molar-refractivity contribution in [2.24, 2.45) is 5.73 Å². The van der Waals surface area contributed by atoms with Crippen molar-refractivity contribution in [3.63, 3.8) is 0 Å². The van der Waals surface area contributed by atoms with Gasteiger partial charge in [-0.2, -0.15) is 0 Å². The molecule has 0 saturated carbocycles. The number of nitrogens with zero attached hydrogens (tertiary/aromatic N) is 2. The highest BCUT2D eigenvalue weighted by atomic mass is 16.6. The predicted molar refractivity (Wildman–Crippen MR) is 145 cm³/mol. The Kier molecular flexibility index (Phi) is 10.00. The van der Waals surface area contributed by atoms with Crippen LogP contribution in [-0.4, -0.2) is 34.2 Å². The standard InChI is InChI=1S/C30H39N3O3/c1-5-6-7-8-9-18-35-26-16-14-23(15-17-26)25-20-32-28(33-21-25)24-12-10-22(11-13-24)19-27(31)29(34)36-30(2,3)4/h10-17,20-21,27H,5-9,18-19,31H2,1-4H3. The molecule has 0 radical (unpaired) electrons. The van der Waals surface area contributed by atoms with E-state index >= 15 is 0 Å². The van der Waals surface area contributed by atoms with Gasteiger partial charge in [0.2, 0.25) is 0 Å². The number of hydrogen-bond donors (Lipinski definition) is 1. The second-order valence-corrected chi connectivity index (χ2v) is 10.1. The van der Waals surface area contributed by atoms with Crippen LogP contribution in [0.15, 0.2) is 60.9 Å². The van der Waals surface area contributed by atoms with Crippen LogP contribution in [0.25, 0.3) is 22.5 Å². The molecule has 192 valence electrons. The molecule has 0 bridgehead atoms. The molecule has 1 heterocycles. The van der Waals surface area contributed by atoms with Crippen LogP contribution in [0.2, 0.25) is 0 Å². The highest BCUT2D eigenvalue weighted by Gasteiger charge is 2.22. The van der Waals surface area contributed by atoms with E-state index in [-0.39, 0.29) is 0 Å². The molecular weight excluding hydrogens is 450 g/mol. The van der Waals surface area contributed by atoms with Crippen molar-refractivity contribution in [1.29, 1.82) is 0 Å². The van der Waals surface area contributed by atoms with Gasteiger partial charge in [-0.3, -0.25) is 4.79 Å². The number of benzene rings is 2. The van der Waals surface area contributed by atoms with Gasteiger partial charge >= 0.3 is 5.97 Å². The number of nitrogens with two attached hydrogens (primary N) is 1. The van der Waals surface area contributed by atoms with Gasteiger partial charge in [0.05, 0.1) is 6.61 Å². The smallest absolute Gasteiger partial charge is 0.323 e. The zero-order chi connectivity index (χ0) is 26.0. The minimum atomic E-state index is -0.701. The van der Waals surface area contributed by atoms with Gasteiger partial charge in [0.25, 0.3) is 0 Å². The Morgan fingerprint density at radius 1 is 0.861 bits per heavy atom. The van der Waals surface area contributed by atoms with Gasteiger partial charge in [0.15, 0.2) is 5.82 Å². The maximum absolute atomic E-state index is 12.1. The Balaban J connectivity index is 1.53. The van der Waals surface area contributed by atoms with Crippen LogP contribution in [0.4, 0.5) is 0 Å². The Bertz CT molecular complexity index is 1070. The number of esters is 1. The Hall–Kier alpha value is -3.25. The number of unbranched alkanes of at least 4 members (excludes halogenated alkanes) is 4. The van der Waals surface area contributed by atoms with E-state index in [1.165, 1.54) is 25.7 Å². The van der Waals surface area contributed by atoms with E-state index in [0.29, 0.717) is 12.2 Å². The summed E-state index contributed by atoms with van der Waals surface area (Å²) in [4.78, 5) is 21.2. The minimum Gasteiger partial charge on any atom is -0.494 e. The Morgan fingerprint density at radius 3 is 2.08 bits per heavy atom. The molecule has 6 nitrogen and oxygen atoms in total. The summed E-state index contributed by atoms with van der Waals surface area (Å²) in [7, 11) is 0. The molecule has 3 aromatic rings. The number of rotatable bonds is 12. The lowest BCUT2D eigenvalue weighted by Crippen LogP contribution is -2.38. The SMILES string of the molecule is CCCCCCCOc1ccc(-c2cnc(-c3ccc(CC(N)C(=O)OC(C)(C)C)cc3)nc2)cc1. The fourth-order valence-corrected chi connectivity index (χ4v) is 3.77. The van der Waals surface area contributed by atoms with Gasteiger partial charge in [0.1, 0.15) is 17.4 Å². The highest BCUT2D eigenvalue weighted by Crippen LogP contribution is 2.23. The third kappa shape index (κ3) is 8.76. The summed E-state index contributed by atoms with van der Waals surface area (Å²) in [5.41, 5.74) is 9.33. The molecule has 1 aromatic heterocycles. The first-order valence-corrected chi connectivity index (χ1v) is 12.9. The number of aromatic nitrogens is 2. The molecule has 0 amide bonds. The molecule has 36 heavy (non-hydrogen) atoms. The molecule has 6 heteroatoms. The summed E-state index contributed by atoms with van der Waals surface area (Å²) in [6, 6.07) is 15.1. The van der Waals surface area contributed by atoms with Gasteiger partial charge in [-0.05, 0) is 56.9 Å². The van der Waals surface area contributed by atoms with E-state index in [0.717, 1.165) is 41.0 Å². The van der Waals surface area contributed by atoms with Crippen LogP contribution in [-0.2, 0) is 16.0 Å². The average Bonchev–Trinajstić information content (AvgIpc) is 2.86. The monoisotopic (exact) mass is 489 g/mol. The molecule has 3 rings (SSSR count). The number of hydrogen-bond acceptors (Lipinski definition) is 6. The van der Waals surface area contributed by atoms with Crippen molar-refractivity contribution in [3.8, 4) is 28.3 Å². The summed E-state index contributed by atoms with van der Waals surface area (Å²) in [6.45, 7) is 8.48. The number of ether oxygens (including phenoxy) is 2. The zero-order valence-corrected chi connectivity index (χ0v) is 22.0. The van der Waals surface area contributed by atoms with Crippen molar-refractivity contribution in [2.75, 3.05) is 6.61 Å². The molecule has 1 atom stereocenters. The molecule has 0 aliphatic heterocycles. The highest BCUT2D eigenvalue weighted by molar-refractivity contribution is 5.76. The Morgan fingerprint density at radius 2 is 1.47 bits per heavy atom. The lowest BCUT2D eigenvalue weighted by molar-refractivity contribution is -0.156. The van der Waals surface area contributed by atoms with Crippen LogP contribution in [0.1, 0.15) is 65.4 Å². The molecule has 0 saturated heterocycles. The fraction of sp³-hybridized carbons (Fsp3) is 0.433. The first-order valence-electron chi connectivity index (χ1n) is 12.9. The summed E-state index contributed by atoms with van der Waals surface area (Å²) >= 11 is 0. The van der Waals surface area contributed by atoms with Gasteiger partial charge in [-0.1, -0.05) is 69.0 Å². The molecule has 0 aliphatic carbocycles. The largest absolute Gasteiger partial charge is 0.494 e. The summed E-state index contributed by atoms with van der Waals surface area (Å²) < 4.78 is 11.2. The summed E-state index contributed by atoms with van der Waals surface area (Å²) in [5.74, 6) is 1.13. The van der Waals surface area contributed by atoms with Crippen LogP contribution >= 0.6 is 0 Å². The lowest BCUT2D eigenvalue weighted by Gasteiger charge is -2.22. The van der Waals surface area contributed by atoms with Crippen LogP contribution in [0.5, 0.6) is 5.75 Å². The molecule has 2 N–H and O–H groups in total. The van der Waals surface area contributed by atoms with Crippen molar-refractivity contribution < 1.29 is 14.3 Å². The molecular formula is C30H39N3O3. The zero-order valence-electron chi connectivity index (χ0n) is 22.0. The summed E-state index contributed by atoms with van der Waals surface area (Å²) in [5, 5.41) is 0. The first-order chi connectivity index (χ1) is 17.2. The van der Waals surface area contributed by atoms with E-state index in [1.54, 1.807) is 0 Å².